The van der Waals surface area contributed by atoms with Gasteiger partial charge in [0.05, 0.1) is 12.2 Å². The van der Waals surface area contributed by atoms with Crippen molar-refractivity contribution in [3.05, 3.63) is 36.0 Å². The summed E-state index contributed by atoms with van der Waals surface area (Å²) in [6, 6.07) is 9.01. The lowest BCUT2D eigenvalue weighted by Gasteiger charge is -2.59. The highest BCUT2D eigenvalue weighted by Crippen LogP contribution is 2.57. The molecule has 8 nitrogen and oxygen atoms in total. The zero-order valence-corrected chi connectivity index (χ0v) is 21.6. The molecular formula is C28H40N6O2. The van der Waals surface area contributed by atoms with Crippen LogP contribution in [-0.2, 0) is 4.74 Å². The van der Waals surface area contributed by atoms with E-state index in [1.807, 2.05) is 13.3 Å². The smallest absolute Gasteiger partial charge is 0.229 e. The first-order valence-corrected chi connectivity index (χ1v) is 13.6. The lowest BCUT2D eigenvalue weighted by Crippen LogP contribution is -2.59. The summed E-state index contributed by atoms with van der Waals surface area (Å²) in [6.45, 7) is 7.04. The molecule has 4 bridgehead atoms. The van der Waals surface area contributed by atoms with Crippen molar-refractivity contribution in [3.63, 3.8) is 0 Å². The van der Waals surface area contributed by atoms with E-state index in [-0.39, 0.29) is 12.2 Å². The quantitative estimate of drug-likeness (QED) is 0.515. The number of hydrogen-bond donors (Lipinski definition) is 3. The molecular weight excluding hydrogens is 452 g/mol. The van der Waals surface area contributed by atoms with Crippen LogP contribution in [0, 0.1) is 24.7 Å². The van der Waals surface area contributed by atoms with E-state index in [4.69, 9.17) is 14.8 Å². The Balaban J connectivity index is 1.10. The molecule has 5 fully saturated rings. The minimum atomic E-state index is 0.126. The van der Waals surface area contributed by atoms with Crippen LogP contribution in [0.1, 0.15) is 37.7 Å². The third-order valence-electron chi connectivity index (χ3n) is 9.20. The number of methoxy groups -OCH3 is 1. The van der Waals surface area contributed by atoms with Crippen LogP contribution in [0.4, 0.5) is 23.1 Å². The van der Waals surface area contributed by atoms with Crippen LogP contribution in [0.25, 0.3) is 0 Å². The second kappa shape index (κ2) is 9.80. The maximum Gasteiger partial charge on any atom is 0.229 e. The minimum Gasteiger partial charge on any atom is -0.395 e. The van der Waals surface area contributed by atoms with Gasteiger partial charge in [0.25, 0.3) is 0 Å². The highest BCUT2D eigenvalue weighted by Gasteiger charge is 2.55. The first-order valence-electron chi connectivity index (χ1n) is 13.6. The number of aryl methyl sites for hydroxylation is 1. The molecule has 3 N–H and O–H groups in total. The van der Waals surface area contributed by atoms with Crippen molar-refractivity contribution in [2.75, 3.05) is 62.0 Å². The number of rotatable bonds is 8. The SMILES string of the molecule is COC12CC3CC(C1)C(Nc1nc(Nc4ccc(N5CCN(CCO)CC5)cc4)ncc1C)C(C3)C2. The van der Waals surface area contributed by atoms with Gasteiger partial charge in [-0.15, -0.1) is 0 Å². The molecule has 2 aromatic rings. The summed E-state index contributed by atoms with van der Waals surface area (Å²) in [4.78, 5) is 14.2. The Kier molecular flexibility index (Phi) is 6.52. The standard InChI is InChI=1S/C28H40N6O2/c1-19-18-29-27(30-23-3-5-24(6-4-23)34-9-7-33(8-10-34)11-12-35)32-26(19)31-25-21-13-20-14-22(25)17-28(15-20,16-21)36-2/h3-6,18,20-22,25,35H,7-17H2,1-2H3,(H2,29,30,31,32). The number of benzene rings is 1. The van der Waals surface area contributed by atoms with Crippen molar-refractivity contribution in [2.45, 2.75) is 50.7 Å². The van der Waals surface area contributed by atoms with E-state index in [0.717, 1.165) is 55.7 Å². The van der Waals surface area contributed by atoms with Crippen LogP contribution in [-0.4, -0.2) is 78.1 Å². The number of ether oxygens (including phenoxy) is 1. The molecule has 5 aliphatic rings. The lowest BCUT2D eigenvalue weighted by atomic mass is 9.52. The number of nitrogens with one attached hydrogen (secondary N) is 2. The van der Waals surface area contributed by atoms with Gasteiger partial charge in [-0.05, 0) is 81.0 Å². The van der Waals surface area contributed by atoms with E-state index in [1.54, 1.807) is 0 Å². The van der Waals surface area contributed by atoms with Crippen molar-refractivity contribution in [3.8, 4) is 0 Å². The molecule has 4 aliphatic carbocycles. The molecule has 1 saturated heterocycles. The van der Waals surface area contributed by atoms with Crippen molar-refractivity contribution >= 4 is 23.1 Å². The molecule has 1 aliphatic heterocycles. The Bertz CT molecular complexity index is 1040. The average Bonchev–Trinajstić information content (AvgIpc) is 2.89. The fourth-order valence-electron chi connectivity index (χ4n) is 7.50. The van der Waals surface area contributed by atoms with Crippen LogP contribution in [0.2, 0.25) is 0 Å². The van der Waals surface area contributed by atoms with Crippen LogP contribution >= 0.6 is 0 Å². The van der Waals surface area contributed by atoms with Gasteiger partial charge < -0.3 is 25.4 Å². The molecule has 1 aromatic heterocycles. The Morgan fingerprint density at radius 1 is 1.06 bits per heavy atom. The van der Waals surface area contributed by atoms with Gasteiger partial charge in [-0.3, -0.25) is 4.90 Å². The van der Waals surface area contributed by atoms with Crippen LogP contribution in [0.5, 0.6) is 0 Å². The summed E-state index contributed by atoms with van der Waals surface area (Å²) in [7, 11) is 1.91. The largest absolute Gasteiger partial charge is 0.395 e. The molecule has 2 atom stereocenters. The summed E-state index contributed by atoms with van der Waals surface area (Å²) in [5.74, 6) is 3.75. The van der Waals surface area contributed by atoms with Crippen LogP contribution in [0.3, 0.4) is 0 Å². The number of piperazine rings is 1. The number of anilines is 4. The molecule has 2 heterocycles. The normalized spacial score (nSPS) is 31.6. The van der Waals surface area contributed by atoms with E-state index in [0.29, 0.717) is 23.8 Å². The Labute approximate surface area is 214 Å². The third kappa shape index (κ3) is 4.66. The number of β-amino-alcohol motifs (C(OH)–C–C–N with tert-alkyl or cyclic N) is 1. The molecule has 4 saturated carbocycles. The predicted octanol–water partition coefficient (Wildman–Crippen LogP) is 3.65. The summed E-state index contributed by atoms with van der Waals surface area (Å²) in [5, 5.41) is 16.4. The number of aliphatic hydroxyl groups is 1. The molecule has 7 rings (SSSR count). The van der Waals surface area contributed by atoms with E-state index in [2.05, 4.69) is 56.6 Å². The zero-order valence-electron chi connectivity index (χ0n) is 21.6. The second-order valence-corrected chi connectivity index (χ2v) is 11.5. The summed E-state index contributed by atoms with van der Waals surface area (Å²) < 4.78 is 6.04. The van der Waals surface area contributed by atoms with Crippen molar-refractivity contribution in [1.29, 1.82) is 0 Å². The van der Waals surface area contributed by atoms with Gasteiger partial charge >= 0.3 is 0 Å². The van der Waals surface area contributed by atoms with Gasteiger partial charge in [-0.2, -0.15) is 4.98 Å². The Morgan fingerprint density at radius 3 is 2.44 bits per heavy atom. The van der Waals surface area contributed by atoms with Gasteiger partial charge in [-0.1, -0.05) is 0 Å². The van der Waals surface area contributed by atoms with Gasteiger partial charge in [0.15, 0.2) is 0 Å². The maximum atomic E-state index is 9.15. The highest BCUT2D eigenvalue weighted by molar-refractivity contribution is 5.60. The zero-order chi connectivity index (χ0) is 24.7. The fraction of sp³-hybridized carbons (Fsp3) is 0.643. The van der Waals surface area contributed by atoms with E-state index in [9.17, 15) is 0 Å². The molecule has 0 radical (unpaired) electrons. The van der Waals surface area contributed by atoms with Gasteiger partial charge in [-0.25, -0.2) is 4.98 Å². The highest BCUT2D eigenvalue weighted by atomic mass is 16.5. The number of aliphatic hydroxyl groups excluding tert-OH is 1. The summed E-state index contributed by atoms with van der Waals surface area (Å²) >= 11 is 0. The molecule has 194 valence electrons. The molecule has 0 spiro atoms. The molecule has 8 heteroatoms. The molecule has 1 aromatic carbocycles. The predicted molar refractivity (Wildman–Crippen MR) is 143 cm³/mol. The maximum absolute atomic E-state index is 9.15. The number of hydrogen-bond acceptors (Lipinski definition) is 8. The average molecular weight is 493 g/mol. The van der Waals surface area contributed by atoms with Gasteiger partial charge in [0.2, 0.25) is 5.95 Å². The summed E-state index contributed by atoms with van der Waals surface area (Å²) in [6.07, 6.45) is 8.15. The Morgan fingerprint density at radius 2 is 1.78 bits per heavy atom. The second-order valence-electron chi connectivity index (χ2n) is 11.5. The molecule has 36 heavy (non-hydrogen) atoms. The summed E-state index contributed by atoms with van der Waals surface area (Å²) in [5.41, 5.74) is 3.43. The van der Waals surface area contributed by atoms with Crippen LogP contribution in [0.15, 0.2) is 30.5 Å². The van der Waals surface area contributed by atoms with E-state index in [1.165, 1.54) is 37.8 Å². The lowest BCUT2D eigenvalue weighted by molar-refractivity contribution is -0.149. The van der Waals surface area contributed by atoms with Crippen LogP contribution < -0.4 is 15.5 Å². The monoisotopic (exact) mass is 492 g/mol. The first-order chi connectivity index (χ1) is 17.5. The number of nitrogens with zero attached hydrogens (tertiary/aromatic N) is 4. The van der Waals surface area contributed by atoms with Crippen molar-refractivity contribution in [1.82, 2.24) is 14.9 Å². The Hall–Kier alpha value is -2.42. The third-order valence-corrected chi connectivity index (χ3v) is 9.20. The van der Waals surface area contributed by atoms with Gasteiger partial charge in [0.1, 0.15) is 5.82 Å². The minimum absolute atomic E-state index is 0.126. The van der Waals surface area contributed by atoms with E-state index >= 15 is 0 Å². The topological polar surface area (TPSA) is 85.8 Å². The van der Waals surface area contributed by atoms with Gasteiger partial charge in [0, 0.05) is 69.0 Å². The number of aromatic nitrogens is 2. The van der Waals surface area contributed by atoms with E-state index < -0.39 is 0 Å². The fourth-order valence-corrected chi connectivity index (χ4v) is 7.50. The molecule has 2 unspecified atom stereocenters. The van der Waals surface area contributed by atoms with Crippen molar-refractivity contribution < 1.29 is 9.84 Å². The first kappa shape index (κ1) is 23.9. The molecule has 0 amide bonds. The van der Waals surface area contributed by atoms with Crippen molar-refractivity contribution in [2.24, 2.45) is 17.8 Å².